The molecule has 1 N–H and O–H groups in total. The first-order chi connectivity index (χ1) is 10.6. The first-order valence-electron chi connectivity index (χ1n) is 6.66. The number of fused-ring (bicyclic) bond motifs is 1. The van der Waals surface area contributed by atoms with E-state index in [0.29, 0.717) is 17.5 Å². The van der Waals surface area contributed by atoms with E-state index in [9.17, 15) is 14.0 Å². The molecule has 4 nitrogen and oxygen atoms in total. The summed E-state index contributed by atoms with van der Waals surface area (Å²) in [6.45, 7) is 0.349. The number of rotatable bonds is 3. The number of para-hydroxylation sites is 1. The number of pyridine rings is 1. The van der Waals surface area contributed by atoms with Gasteiger partial charge in [0.1, 0.15) is 5.82 Å². The highest BCUT2D eigenvalue weighted by atomic mass is 35.5. The van der Waals surface area contributed by atoms with E-state index in [1.54, 1.807) is 18.3 Å². The van der Waals surface area contributed by atoms with E-state index in [-0.39, 0.29) is 23.4 Å². The lowest BCUT2D eigenvalue weighted by Crippen LogP contribution is -2.09. The Morgan fingerprint density at radius 1 is 1.13 bits per heavy atom. The summed E-state index contributed by atoms with van der Waals surface area (Å²) in [6, 6.07) is 12.6. The lowest BCUT2D eigenvalue weighted by Gasteiger charge is -2.11. The van der Waals surface area contributed by atoms with Crippen LogP contribution < -0.4 is 5.43 Å². The Bertz CT molecular complexity index is 937. The predicted molar refractivity (Wildman–Crippen MR) is 87.9 cm³/mol. The summed E-state index contributed by atoms with van der Waals surface area (Å²) in [5.41, 5.74) is 0.962. The molecule has 3 rings (SSSR count). The molecule has 0 amide bonds. The predicted octanol–water partition coefficient (Wildman–Crippen LogP) is 3.31. The summed E-state index contributed by atoms with van der Waals surface area (Å²) in [7, 11) is 0. The monoisotopic (exact) mass is 333 g/mol. The van der Waals surface area contributed by atoms with E-state index in [4.69, 9.17) is 5.11 Å². The first kappa shape index (κ1) is 16.7. The van der Waals surface area contributed by atoms with Gasteiger partial charge in [-0.1, -0.05) is 18.2 Å². The van der Waals surface area contributed by atoms with Crippen LogP contribution in [0.1, 0.15) is 15.9 Å². The molecule has 2 aromatic carbocycles. The standard InChI is InChI=1S/C17H12FNO3.ClH/c18-14-6-5-11(9-13(14)17(21)22)10-19-8-7-16(20)12-3-1-2-4-15(12)19;/h1-9H,10H2,(H,21,22);1H. The highest BCUT2D eigenvalue weighted by Crippen LogP contribution is 2.15. The van der Waals surface area contributed by atoms with Crippen LogP contribution in [-0.2, 0) is 6.54 Å². The lowest BCUT2D eigenvalue weighted by molar-refractivity contribution is 0.0691. The number of nitrogens with zero attached hydrogens (tertiary/aromatic N) is 1. The Balaban J connectivity index is 0.00000192. The van der Waals surface area contributed by atoms with Crippen molar-refractivity contribution in [3.05, 3.63) is 81.9 Å². The number of aromatic nitrogens is 1. The van der Waals surface area contributed by atoms with Crippen molar-refractivity contribution in [1.29, 1.82) is 0 Å². The number of hydrogen-bond acceptors (Lipinski definition) is 2. The van der Waals surface area contributed by atoms with Crippen molar-refractivity contribution >= 4 is 29.3 Å². The molecule has 0 spiro atoms. The molecule has 23 heavy (non-hydrogen) atoms. The third kappa shape index (κ3) is 3.24. The Morgan fingerprint density at radius 2 is 1.87 bits per heavy atom. The van der Waals surface area contributed by atoms with E-state index < -0.39 is 11.8 Å². The average molecular weight is 334 g/mol. The number of carboxylic acid groups (broad SMARTS) is 1. The second-order valence-corrected chi connectivity index (χ2v) is 4.94. The van der Waals surface area contributed by atoms with Gasteiger partial charge in [0.25, 0.3) is 0 Å². The van der Waals surface area contributed by atoms with Crippen molar-refractivity contribution in [2.75, 3.05) is 0 Å². The van der Waals surface area contributed by atoms with Crippen LogP contribution in [-0.4, -0.2) is 15.6 Å². The molecule has 0 atom stereocenters. The normalized spacial score (nSPS) is 10.3. The SMILES string of the molecule is Cl.O=C(O)c1cc(Cn2ccc(=O)c3ccccc32)ccc1F. The van der Waals surface area contributed by atoms with Crippen LogP contribution in [0.3, 0.4) is 0 Å². The third-order valence-electron chi connectivity index (χ3n) is 3.50. The summed E-state index contributed by atoms with van der Waals surface area (Å²) < 4.78 is 15.3. The van der Waals surface area contributed by atoms with Gasteiger partial charge in [-0.15, -0.1) is 12.4 Å². The van der Waals surface area contributed by atoms with Crippen LogP contribution in [0.4, 0.5) is 4.39 Å². The maximum Gasteiger partial charge on any atom is 0.338 e. The molecular formula is C17H13ClFNO3. The summed E-state index contributed by atoms with van der Waals surface area (Å²) >= 11 is 0. The second-order valence-electron chi connectivity index (χ2n) is 4.94. The number of benzene rings is 2. The molecule has 6 heteroatoms. The Hall–Kier alpha value is -2.66. The molecule has 118 valence electrons. The zero-order valence-electron chi connectivity index (χ0n) is 11.9. The van der Waals surface area contributed by atoms with Crippen molar-refractivity contribution in [1.82, 2.24) is 4.57 Å². The van der Waals surface area contributed by atoms with Crippen LogP contribution in [0, 0.1) is 5.82 Å². The number of aromatic carboxylic acids is 1. The highest BCUT2D eigenvalue weighted by molar-refractivity contribution is 5.88. The smallest absolute Gasteiger partial charge is 0.338 e. The largest absolute Gasteiger partial charge is 0.478 e. The molecule has 0 aliphatic rings. The zero-order valence-corrected chi connectivity index (χ0v) is 12.7. The molecule has 3 aromatic rings. The minimum atomic E-state index is -1.30. The number of carbonyl (C=O) groups is 1. The molecule has 0 radical (unpaired) electrons. The van der Waals surface area contributed by atoms with Gasteiger partial charge in [0.05, 0.1) is 11.1 Å². The summed E-state index contributed by atoms with van der Waals surface area (Å²) in [6.07, 6.45) is 1.65. The van der Waals surface area contributed by atoms with Gasteiger partial charge in [0.2, 0.25) is 0 Å². The van der Waals surface area contributed by atoms with Crippen LogP contribution in [0.25, 0.3) is 10.9 Å². The van der Waals surface area contributed by atoms with Gasteiger partial charge in [0, 0.05) is 24.2 Å². The van der Waals surface area contributed by atoms with E-state index in [2.05, 4.69) is 0 Å². The Morgan fingerprint density at radius 3 is 2.61 bits per heavy atom. The van der Waals surface area contributed by atoms with Crippen molar-refractivity contribution < 1.29 is 14.3 Å². The van der Waals surface area contributed by atoms with Gasteiger partial charge in [-0.2, -0.15) is 0 Å². The molecule has 0 unspecified atom stereocenters. The minimum Gasteiger partial charge on any atom is -0.478 e. The van der Waals surface area contributed by atoms with E-state index >= 15 is 0 Å². The van der Waals surface area contributed by atoms with Gasteiger partial charge >= 0.3 is 5.97 Å². The molecule has 0 aliphatic carbocycles. The molecule has 1 aromatic heterocycles. The highest BCUT2D eigenvalue weighted by Gasteiger charge is 2.11. The van der Waals surface area contributed by atoms with Crippen LogP contribution in [0.2, 0.25) is 0 Å². The fraction of sp³-hybridized carbons (Fsp3) is 0.0588. The molecule has 0 bridgehead atoms. The summed E-state index contributed by atoms with van der Waals surface area (Å²) in [5.74, 6) is -2.06. The Labute approximate surface area is 137 Å². The van der Waals surface area contributed by atoms with Gasteiger partial charge in [-0.25, -0.2) is 9.18 Å². The van der Waals surface area contributed by atoms with Crippen molar-refractivity contribution in [3.63, 3.8) is 0 Å². The van der Waals surface area contributed by atoms with E-state index in [1.165, 1.54) is 18.2 Å². The fourth-order valence-electron chi connectivity index (χ4n) is 2.43. The van der Waals surface area contributed by atoms with Crippen molar-refractivity contribution in [2.24, 2.45) is 0 Å². The van der Waals surface area contributed by atoms with Crippen LogP contribution in [0.15, 0.2) is 59.5 Å². The van der Waals surface area contributed by atoms with Crippen molar-refractivity contribution in [2.45, 2.75) is 6.54 Å². The van der Waals surface area contributed by atoms with Crippen LogP contribution >= 0.6 is 12.4 Å². The van der Waals surface area contributed by atoms with Crippen LogP contribution in [0.5, 0.6) is 0 Å². The van der Waals surface area contributed by atoms with Gasteiger partial charge in [0.15, 0.2) is 5.43 Å². The lowest BCUT2D eigenvalue weighted by atomic mass is 10.1. The molecule has 0 aliphatic heterocycles. The molecule has 0 fully saturated rings. The maximum absolute atomic E-state index is 13.4. The first-order valence-corrected chi connectivity index (χ1v) is 6.66. The van der Waals surface area contributed by atoms with Gasteiger partial charge in [-0.3, -0.25) is 4.79 Å². The number of carboxylic acids is 1. The molecule has 1 heterocycles. The number of hydrogen-bond donors (Lipinski definition) is 1. The summed E-state index contributed by atoms with van der Waals surface area (Å²) in [4.78, 5) is 22.8. The minimum absolute atomic E-state index is 0. The Kier molecular flexibility index (Phi) is 4.81. The number of halogens is 2. The molecule has 0 saturated heterocycles. The maximum atomic E-state index is 13.4. The van der Waals surface area contributed by atoms with Crippen molar-refractivity contribution in [3.8, 4) is 0 Å². The second kappa shape index (κ2) is 6.62. The molecular weight excluding hydrogens is 321 g/mol. The van der Waals surface area contributed by atoms with Gasteiger partial charge in [-0.05, 0) is 29.8 Å². The summed E-state index contributed by atoms with van der Waals surface area (Å²) in [5, 5.41) is 9.56. The quantitative estimate of drug-likeness (QED) is 0.800. The van der Waals surface area contributed by atoms with E-state index in [1.807, 2.05) is 16.7 Å². The average Bonchev–Trinajstić information content (AvgIpc) is 2.52. The fourth-order valence-corrected chi connectivity index (χ4v) is 2.43. The van der Waals surface area contributed by atoms with Gasteiger partial charge < -0.3 is 9.67 Å². The third-order valence-corrected chi connectivity index (χ3v) is 3.50. The van der Waals surface area contributed by atoms with E-state index in [0.717, 1.165) is 11.6 Å². The topological polar surface area (TPSA) is 59.3 Å². The zero-order chi connectivity index (χ0) is 15.7. The molecule has 0 saturated carbocycles.